The summed E-state index contributed by atoms with van der Waals surface area (Å²) >= 11 is 0. The zero-order chi connectivity index (χ0) is 20.9. The van der Waals surface area contributed by atoms with Crippen molar-refractivity contribution in [1.29, 1.82) is 0 Å². The molecule has 0 unspecified atom stereocenters. The van der Waals surface area contributed by atoms with Crippen LogP contribution in [-0.4, -0.2) is 0 Å². The molecule has 148 valence electrons. The monoisotopic (exact) mass is 389 g/mol. The van der Waals surface area contributed by atoms with Gasteiger partial charge in [-0.15, -0.1) is 0 Å². The van der Waals surface area contributed by atoms with Crippen LogP contribution in [0.1, 0.15) is 33.4 Å². The van der Waals surface area contributed by atoms with Gasteiger partial charge >= 0.3 is 0 Å². The normalized spacial score (nSPS) is 10.5. The maximum atomic E-state index is 3.59. The topological polar surface area (TPSA) is 12.0 Å². The van der Waals surface area contributed by atoms with Gasteiger partial charge in [0.15, 0.2) is 0 Å². The Labute approximate surface area is 179 Å². The van der Waals surface area contributed by atoms with Gasteiger partial charge in [0.2, 0.25) is 0 Å². The van der Waals surface area contributed by atoms with Crippen molar-refractivity contribution in [2.75, 3.05) is 5.32 Å². The van der Waals surface area contributed by atoms with Gasteiger partial charge in [0.1, 0.15) is 0 Å². The third kappa shape index (κ3) is 4.52. The largest absolute Gasteiger partial charge is 0.355 e. The van der Waals surface area contributed by atoms with Crippen LogP contribution in [0.25, 0.3) is 11.6 Å². The molecule has 1 N–H and O–H groups in total. The summed E-state index contributed by atoms with van der Waals surface area (Å²) < 4.78 is 0. The van der Waals surface area contributed by atoms with Gasteiger partial charge in [0.25, 0.3) is 0 Å². The third-order valence-electron chi connectivity index (χ3n) is 5.34. The fourth-order valence-electron chi connectivity index (χ4n) is 3.92. The molecule has 0 saturated heterocycles. The molecule has 1 nitrogen and oxygen atoms in total. The minimum absolute atomic E-state index is 1.10. The van der Waals surface area contributed by atoms with Crippen molar-refractivity contribution in [1.82, 2.24) is 0 Å². The second kappa shape index (κ2) is 8.84. The molecule has 0 saturated carbocycles. The molecule has 0 amide bonds. The highest BCUT2D eigenvalue weighted by Gasteiger charge is 2.06. The summed E-state index contributed by atoms with van der Waals surface area (Å²) in [7, 11) is 0. The summed E-state index contributed by atoms with van der Waals surface area (Å²) in [6.45, 7) is 6.46. The van der Waals surface area contributed by atoms with E-state index in [2.05, 4.69) is 129 Å². The van der Waals surface area contributed by atoms with Gasteiger partial charge in [-0.1, -0.05) is 90.5 Å². The second-order valence-corrected chi connectivity index (χ2v) is 7.81. The molecule has 0 radical (unpaired) electrons. The maximum absolute atomic E-state index is 3.59. The highest BCUT2D eigenvalue weighted by molar-refractivity contribution is 5.91. The van der Waals surface area contributed by atoms with Crippen LogP contribution in [-0.2, 0) is 0 Å². The standard InChI is InChI=1S/C29H27N/c1-21-18-22(2)29(23(3)19-21)30-27-16-14-24(15-17-27)20-28(25-10-6-4-7-11-25)26-12-8-5-9-13-26/h4-20,30H,1-3H3. The van der Waals surface area contributed by atoms with E-state index in [1.165, 1.54) is 44.6 Å². The van der Waals surface area contributed by atoms with Crippen LogP contribution < -0.4 is 5.32 Å². The number of nitrogens with one attached hydrogen (secondary N) is 1. The molecular formula is C29H27N. The van der Waals surface area contributed by atoms with Crippen LogP contribution in [0.5, 0.6) is 0 Å². The Balaban J connectivity index is 1.65. The van der Waals surface area contributed by atoms with E-state index in [0.29, 0.717) is 0 Å². The van der Waals surface area contributed by atoms with Gasteiger partial charge in [-0.2, -0.15) is 0 Å². The van der Waals surface area contributed by atoms with Gasteiger partial charge in [0.05, 0.1) is 0 Å². The van der Waals surface area contributed by atoms with Crippen molar-refractivity contribution >= 4 is 23.0 Å². The van der Waals surface area contributed by atoms with Gasteiger partial charge in [-0.05, 0) is 72.4 Å². The molecule has 0 aromatic heterocycles. The summed E-state index contributed by atoms with van der Waals surface area (Å²) in [6, 6.07) is 34.2. The summed E-state index contributed by atoms with van der Waals surface area (Å²) in [5, 5.41) is 3.59. The van der Waals surface area contributed by atoms with Crippen LogP contribution in [0.2, 0.25) is 0 Å². The van der Waals surface area contributed by atoms with Crippen molar-refractivity contribution in [2.24, 2.45) is 0 Å². The molecular weight excluding hydrogens is 362 g/mol. The molecule has 0 fully saturated rings. The highest BCUT2D eigenvalue weighted by Crippen LogP contribution is 2.28. The lowest BCUT2D eigenvalue weighted by Gasteiger charge is -2.14. The zero-order valence-corrected chi connectivity index (χ0v) is 17.8. The van der Waals surface area contributed by atoms with Crippen molar-refractivity contribution in [2.45, 2.75) is 20.8 Å². The number of rotatable bonds is 5. The smallest absolute Gasteiger partial charge is 0.0443 e. The molecule has 0 aliphatic carbocycles. The van der Waals surface area contributed by atoms with Crippen molar-refractivity contribution in [3.63, 3.8) is 0 Å². The Morgan fingerprint density at radius 3 is 1.63 bits per heavy atom. The highest BCUT2D eigenvalue weighted by atomic mass is 14.9. The van der Waals surface area contributed by atoms with E-state index in [0.717, 1.165) is 5.69 Å². The minimum Gasteiger partial charge on any atom is -0.355 e. The summed E-state index contributed by atoms with van der Waals surface area (Å²) in [4.78, 5) is 0. The van der Waals surface area contributed by atoms with Crippen LogP contribution in [0.15, 0.2) is 97.1 Å². The van der Waals surface area contributed by atoms with E-state index in [-0.39, 0.29) is 0 Å². The van der Waals surface area contributed by atoms with Crippen LogP contribution in [0.4, 0.5) is 11.4 Å². The molecule has 0 aliphatic heterocycles. The van der Waals surface area contributed by atoms with E-state index < -0.39 is 0 Å². The minimum atomic E-state index is 1.10. The van der Waals surface area contributed by atoms with E-state index in [4.69, 9.17) is 0 Å². The molecule has 0 spiro atoms. The van der Waals surface area contributed by atoms with Gasteiger partial charge < -0.3 is 5.32 Å². The third-order valence-corrected chi connectivity index (χ3v) is 5.34. The number of anilines is 2. The van der Waals surface area contributed by atoms with Gasteiger partial charge in [-0.25, -0.2) is 0 Å². The summed E-state index contributed by atoms with van der Waals surface area (Å²) in [5.41, 5.74) is 11.0. The Morgan fingerprint density at radius 1 is 0.633 bits per heavy atom. The Morgan fingerprint density at radius 2 is 1.13 bits per heavy atom. The molecule has 4 aromatic rings. The first kappa shape index (κ1) is 19.7. The fraction of sp³-hybridized carbons (Fsp3) is 0.103. The maximum Gasteiger partial charge on any atom is 0.0443 e. The SMILES string of the molecule is Cc1cc(C)c(Nc2ccc(C=C(c3ccccc3)c3ccccc3)cc2)c(C)c1. The average molecular weight is 390 g/mol. The lowest BCUT2D eigenvalue weighted by molar-refractivity contribution is 1.31. The van der Waals surface area contributed by atoms with Gasteiger partial charge in [-0.3, -0.25) is 0 Å². The van der Waals surface area contributed by atoms with Gasteiger partial charge in [0, 0.05) is 11.4 Å². The number of hydrogen-bond donors (Lipinski definition) is 1. The van der Waals surface area contributed by atoms with Crippen molar-refractivity contribution in [3.05, 3.63) is 130 Å². The predicted octanol–water partition coefficient (Wildman–Crippen LogP) is 7.94. The molecule has 4 rings (SSSR count). The molecule has 1 heteroatoms. The molecule has 0 aliphatic rings. The summed E-state index contributed by atoms with van der Waals surface area (Å²) in [5.74, 6) is 0. The van der Waals surface area contributed by atoms with Crippen molar-refractivity contribution < 1.29 is 0 Å². The van der Waals surface area contributed by atoms with Crippen LogP contribution >= 0.6 is 0 Å². The zero-order valence-electron chi connectivity index (χ0n) is 17.8. The first-order chi connectivity index (χ1) is 14.6. The Hall–Kier alpha value is -3.58. The van der Waals surface area contributed by atoms with E-state index >= 15 is 0 Å². The number of hydrogen-bond acceptors (Lipinski definition) is 1. The lowest BCUT2D eigenvalue weighted by Crippen LogP contribution is -1.97. The van der Waals surface area contributed by atoms with E-state index in [1.54, 1.807) is 0 Å². The molecule has 0 heterocycles. The predicted molar refractivity (Wildman–Crippen MR) is 130 cm³/mol. The van der Waals surface area contributed by atoms with Crippen LogP contribution in [0.3, 0.4) is 0 Å². The molecule has 0 bridgehead atoms. The molecule has 0 atom stereocenters. The number of benzene rings is 4. The Kier molecular flexibility index (Phi) is 5.81. The lowest BCUT2D eigenvalue weighted by atomic mass is 9.96. The van der Waals surface area contributed by atoms with E-state index in [9.17, 15) is 0 Å². The summed E-state index contributed by atoms with van der Waals surface area (Å²) in [6.07, 6.45) is 2.26. The first-order valence-corrected chi connectivity index (χ1v) is 10.4. The average Bonchev–Trinajstić information content (AvgIpc) is 2.77. The quantitative estimate of drug-likeness (QED) is 0.342. The fourth-order valence-corrected chi connectivity index (χ4v) is 3.92. The van der Waals surface area contributed by atoms with Crippen LogP contribution in [0, 0.1) is 20.8 Å². The second-order valence-electron chi connectivity index (χ2n) is 7.81. The first-order valence-electron chi connectivity index (χ1n) is 10.4. The number of aryl methyl sites for hydroxylation is 3. The van der Waals surface area contributed by atoms with E-state index in [1.807, 2.05) is 0 Å². The molecule has 30 heavy (non-hydrogen) atoms. The Bertz CT molecular complexity index is 1090. The molecule has 4 aromatic carbocycles. The van der Waals surface area contributed by atoms with Crippen molar-refractivity contribution in [3.8, 4) is 0 Å².